The van der Waals surface area contributed by atoms with Crippen molar-refractivity contribution in [3.05, 3.63) is 58.6 Å². The van der Waals surface area contributed by atoms with Crippen molar-refractivity contribution in [3.63, 3.8) is 0 Å². The van der Waals surface area contributed by atoms with Gasteiger partial charge in [-0.05, 0) is 48.4 Å². The standard InChI is InChI=1S/C18H17ClO4/c1-2-8-23-17-7-6-14(19)9-13(17)11-16(18(21)22)12-4-3-5-15(20)10-12/h3-7,9-11,20H,2,8H2,1H3,(H,21,22)/b16-11-. The molecule has 0 atom stereocenters. The van der Waals surface area contributed by atoms with Crippen molar-refractivity contribution in [3.8, 4) is 11.5 Å². The molecule has 5 heteroatoms. The monoisotopic (exact) mass is 332 g/mol. The molecule has 0 aliphatic rings. The molecular weight excluding hydrogens is 316 g/mol. The van der Waals surface area contributed by atoms with Crippen LogP contribution in [0.4, 0.5) is 0 Å². The highest BCUT2D eigenvalue weighted by Gasteiger charge is 2.13. The van der Waals surface area contributed by atoms with E-state index in [9.17, 15) is 15.0 Å². The molecule has 2 aromatic carbocycles. The van der Waals surface area contributed by atoms with Crippen LogP contribution in [0.3, 0.4) is 0 Å². The number of aromatic hydroxyl groups is 1. The van der Waals surface area contributed by atoms with E-state index in [1.54, 1.807) is 30.3 Å². The van der Waals surface area contributed by atoms with E-state index < -0.39 is 5.97 Å². The summed E-state index contributed by atoms with van der Waals surface area (Å²) in [5.41, 5.74) is 1.02. The van der Waals surface area contributed by atoms with Gasteiger partial charge >= 0.3 is 5.97 Å². The van der Waals surface area contributed by atoms with Crippen LogP contribution in [0.1, 0.15) is 24.5 Å². The van der Waals surface area contributed by atoms with Crippen molar-refractivity contribution in [1.82, 2.24) is 0 Å². The van der Waals surface area contributed by atoms with E-state index in [2.05, 4.69) is 0 Å². The molecule has 0 fully saturated rings. The summed E-state index contributed by atoms with van der Waals surface area (Å²) in [6, 6.07) is 11.2. The number of carbonyl (C=O) groups is 1. The predicted molar refractivity (Wildman–Crippen MR) is 90.9 cm³/mol. The van der Waals surface area contributed by atoms with E-state index in [0.29, 0.717) is 28.5 Å². The number of benzene rings is 2. The van der Waals surface area contributed by atoms with Crippen molar-refractivity contribution in [1.29, 1.82) is 0 Å². The number of carboxylic acid groups (broad SMARTS) is 1. The van der Waals surface area contributed by atoms with Crippen LogP contribution in [-0.4, -0.2) is 22.8 Å². The molecule has 120 valence electrons. The molecule has 0 amide bonds. The second-order valence-electron chi connectivity index (χ2n) is 4.94. The van der Waals surface area contributed by atoms with Crippen LogP contribution >= 0.6 is 11.6 Å². The van der Waals surface area contributed by atoms with E-state index in [1.807, 2.05) is 6.92 Å². The fourth-order valence-electron chi connectivity index (χ4n) is 2.07. The zero-order valence-electron chi connectivity index (χ0n) is 12.6. The number of phenolic OH excluding ortho intramolecular Hbond substituents is 1. The minimum absolute atomic E-state index is 0.00296. The molecule has 0 aliphatic carbocycles. The maximum atomic E-state index is 11.6. The molecule has 0 unspecified atom stereocenters. The summed E-state index contributed by atoms with van der Waals surface area (Å²) in [5, 5.41) is 19.5. The SMILES string of the molecule is CCCOc1ccc(Cl)cc1/C=C(\C(=O)O)c1cccc(O)c1. The highest BCUT2D eigenvalue weighted by atomic mass is 35.5. The Hall–Kier alpha value is -2.46. The fraction of sp³-hybridized carbons (Fsp3) is 0.167. The zero-order chi connectivity index (χ0) is 16.8. The van der Waals surface area contributed by atoms with Crippen LogP contribution < -0.4 is 4.74 Å². The number of hydrogen-bond acceptors (Lipinski definition) is 3. The molecule has 0 saturated carbocycles. The van der Waals surface area contributed by atoms with Crippen LogP contribution in [0.2, 0.25) is 5.02 Å². The highest BCUT2D eigenvalue weighted by Crippen LogP contribution is 2.29. The molecular formula is C18H17ClO4. The van der Waals surface area contributed by atoms with Crippen LogP contribution in [0.15, 0.2) is 42.5 Å². The Morgan fingerprint density at radius 1 is 1.26 bits per heavy atom. The van der Waals surface area contributed by atoms with Crippen LogP contribution in [0, 0.1) is 0 Å². The Morgan fingerprint density at radius 3 is 2.70 bits per heavy atom. The van der Waals surface area contributed by atoms with Gasteiger partial charge in [-0.1, -0.05) is 30.7 Å². The van der Waals surface area contributed by atoms with E-state index in [0.717, 1.165) is 6.42 Å². The summed E-state index contributed by atoms with van der Waals surface area (Å²) >= 11 is 6.01. The lowest BCUT2D eigenvalue weighted by atomic mass is 10.0. The van der Waals surface area contributed by atoms with Gasteiger partial charge in [0.2, 0.25) is 0 Å². The van der Waals surface area contributed by atoms with Gasteiger partial charge in [-0.15, -0.1) is 0 Å². The largest absolute Gasteiger partial charge is 0.508 e. The molecule has 23 heavy (non-hydrogen) atoms. The van der Waals surface area contributed by atoms with Crippen molar-refractivity contribution < 1.29 is 19.7 Å². The van der Waals surface area contributed by atoms with Gasteiger partial charge < -0.3 is 14.9 Å². The number of ether oxygens (including phenoxy) is 1. The molecule has 0 saturated heterocycles. The normalized spacial score (nSPS) is 11.3. The Balaban J connectivity index is 2.51. The maximum Gasteiger partial charge on any atom is 0.336 e. The first-order valence-electron chi connectivity index (χ1n) is 7.18. The summed E-state index contributed by atoms with van der Waals surface area (Å²) < 4.78 is 5.64. The minimum atomic E-state index is -1.10. The average Bonchev–Trinajstić information content (AvgIpc) is 2.51. The molecule has 2 aromatic rings. The van der Waals surface area contributed by atoms with Crippen LogP contribution in [0.25, 0.3) is 11.6 Å². The average molecular weight is 333 g/mol. The van der Waals surface area contributed by atoms with Crippen LogP contribution in [-0.2, 0) is 4.79 Å². The van der Waals surface area contributed by atoms with Gasteiger partial charge in [0.25, 0.3) is 0 Å². The molecule has 0 spiro atoms. The molecule has 4 nitrogen and oxygen atoms in total. The first-order valence-corrected chi connectivity index (χ1v) is 7.55. The Bertz CT molecular complexity index is 738. The number of rotatable bonds is 6. The number of hydrogen-bond donors (Lipinski definition) is 2. The van der Waals surface area contributed by atoms with Gasteiger partial charge in [-0.25, -0.2) is 4.79 Å². The molecule has 2 rings (SSSR count). The molecule has 2 N–H and O–H groups in total. The molecule has 0 aromatic heterocycles. The Kier molecular flexibility index (Phi) is 5.66. The van der Waals surface area contributed by atoms with Gasteiger partial charge in [0.15, 0.2) is 0 Å². The lowest BCUT2D eigenvalue weighted by Gasteiger charge is -2.10. The summed E-state index contributed by atoms with van der Waals surface area (Å²) in [6.45, 7) is 2.51. The lowest BCUT2D eigenvalue weighted by Crippen LogP contribution is -2.01. The Labute approximate surface area is 139 Å². The third kappa shape index (κ3) is 4.50. The smallest absolute Gasteiger partial charge is 0.336 e. The summed E-state index contributed by atoms with van der Waals surface area (Å²) in [6.07, 6.45) is 2.33. The summed E-state index contributed by atoms with van der Waals surface area (Å²) in [5.74, 6) is -0.532. The topological polar surface area (TPSA) is 66.8 Å². The fourth-order valence-corrected chi connectivity index (χ4v) is 2.25. The summed E-state index contributed by atoms with van der Waals surface area (Å²) in [7, 11) is 0. The van der Waals surface area contributed by atoms with E-state index >= 15 is 0 Å². The van der Waals surface area contributed by atoms with Crippen molar-refractivity contribution >= 4 is 29.2 Å². The third-order valence-electron chi connectivity index (χ3n) is 3.12. The molecule has 0 aliphatic heterocycles. The number of phenols is 1. The molecule has 0 heterocycles. The van der Waals surface area contributed by atoms with Crippen molar-refractivity contribution in [2.24, 2.45) is 0 Å². The Morgan fingerprint density at radius 2 is 2.04 bits per heavy atom. The number of carboxylic acids is 1. The van der Waals surface area contributed by atoms with Crippen molar-refractivity contribution in [2.75, 3.05) is 6.61 Å². The first kappa shape index (κ1) is 16.9. The van der Waals surface area contributed by atoms with E-state index in [1.165, 1.54) is 18.2 Å². The highest BCUT2D eigenvalue weighted by molar-refractivity contribution is 6.31. The van der Waals surface area contributed by atoms with Crippen LogP contribution in [0.5, 0.6) is 11.5 Å². The second-order valence-corrected chi connectivity index (χ2v) is 5.38. The predicted octanol–water partition coefficient (Wildman–Crippen LogP) is 4.46. The van der Waals surface area contributed by atoms with Gasteiger partial charge in [0.05, 0.1) is 12.2 Å². The van der Waals surface area contributed by atoms with Gasteiger partial charge in [0, 0.05) is 10.6 Å². The van der Waals surface area contributed by atoms with Gasteiger partial charge in [-0.2, -0.15) is 0 Å². The second kappa shape index (κ2) is 7.70. The molecule has 0 radical (unpaired) electrons. The molecule has 0 bridgehead atoms. The number of aliphatic carboxylic acids is 1. The summed E-state index contributed by atoms with van der Waals surface area (Å²) in [4.78, 5) is 11.6. The lowest BCUT2D eigenvalue weighted by molar-refractivity contribution is -0.130. The minimum Gasteiger partial charge on any atom is -0.508 e. The quantitative estimate of drug-likeness (QED) is 0.605. The van der Waals surface area contributed by atoms with Gasteiger partial charge in [-0.3, -0.25) is 0 Å². The van der Waals surface area contributed by atoms with Gasteiger partial charge in [0.1, 0.15) is 11.5 Å². The first-order chi connectivity index (χ1) is 11.0. The van der Waals surface area contributed by atoms with E-state index in [4.69, 9.17) is 16.3 Å². The third-order valence-corrected chi connectivity index (χ3v) is 3.36. The van der Waals surface area contributed by atoms with Crippen molar-refractivity contribution in [2.45, 2.75) is 13.3 Å². The maximum absolute atomic E-state index is 11.6. The number of halogens is 1. The van der Waals surface area contributed by atoms with E-state index in [-0.39, 0.29) is 11.3 Å². The zero-order valence-corrected chi connectivity index (χ0v) is 13.4.